The van der Waals surface area contributed by atoms with E-state index >= 15 is 0 Å². The summed E-state index contributed by atoms with van der Waals surface area (Å²) in [6.07, 6.45) is -0.205. The number of rotatable bonds is 4. The van der Waals surface area contributed by atoms with Crippen LogP contribution in [-0.4, -0.2) is 34.1 Å². The Balaban J connectivity index is 3.29. The Hall–Kier alpha value is -0.220. The van der Waals surface area contributed by atoms with Crippen LogP contribution in [0, 0.1) is 0 Å². The molecule has 0 bridgehead atoms. The summed E-state index contributed by atoms with van der Waals surface area (Å²) in [4.78, 5) is 27.1. The van der Waals surface area contributed by atoms with E-state index in [1.165, 1.54) is 0 Å². The van der Waals surface area contributed by atoms with E-state index in [4.69, 9.17) is 14.9 Å². The molecule has 0 heterocycles. The average molecular weight is 170 g/mol. The summed E-state index contributed by atoms with van der Waals surface area (Å²) in [5.41, 5.74) is 0. The molecule has 0 aliphatic rings. The summed E-state index contributed by atoms with van der Waals surface area (Å²) in [5.74, 6) is -1.02. The number of carboxylic acids is 1. The fourth-order valence-electron chi connectivity index (χ4n) is 0.332. The molecule has 0 amide bonds. The summed E-state index contributed by atoms with van der Waals surface area (Å²) < 4.78 is 4.41. The van der Waals surface area contributed by atoms with Crippen molar-refractivity contribution in [2.45, 2.75) is 6.42 Å². The molecule has 5 nitrogen and oxygen atoms in total. The molecule has 0 atom stereocenters. The minimum atomic E-state index is -3.49. The maximum atomic E-state index is 9.86. The SMILES string of the molecule is C[PH](O)(O)OCCC(=O)O. The molecular formula is C4H11O5P. The van der Waals surface area contributed by atoms with E-state index < -0.39 is 13.9 Å². The number of carboxylic acid groups (broad SMARTS) is 1. The third-order valence-corrected chi connectivity index (χ3v) is 1.44. The van der Waals surface area contributed by atoms with Gasteiger partial charge in [-0.2, -0.15) is 0 Å². The van der Waals surface area contributed by atoms with E-state index in [0.717, 1.165) is 6.66 Å². The van der Waals surface area contributed by atoms with E-state index in [-0.39, 0.29) is 13.0 Å². The summed E-state index contributed by atoms with van der Waals surface area (Å²) in [6, 6.07) is 0. The van der Waals surface area contributed by atoms with Crippen LogP contribution in [0.1, 0.15) is 6.42 Å². The molecule has 0 saturated heterocycles. The van der Waals surface area contributed by atoms with Crippen molar-refractivity contribution >= 4 is 13.9 Å². The molecule has 10 heavy (non-hydrogen) atoms. The van der Waals surface area contributed by atoms with Gasteiger partial charge in [0.1, 0.15) is 0 Å². The second-order valence-electron chi connectivity index (χ2n) is 1.93. The van der Waals surface area contributed by atoms with Crippen molar-refractivity contribution in [2.24, 2.45) is 0 Å². The first kappa shape index (κ1) is 9.78. The zero-order chi connectivity index (χ0) is 8.20. The van der Waals surface area contributed by atoms with E-state index in [1.807, 2.05) is 0 Å². The molecule has 0 aromatic carbocycles. The number of hydrogen-bond acceptors (Lipinski definition) is 4. The molecule has 0 aliphatic carbocycles. The van der Waals surface area contributed by atoms with Crippen LogP contribution < -0.4 is 0 Å². The van der Waals surface area contributed by atoms with Gasteiger partial charge in [0, 0.05) is 0 Å². The molecule has 0 unspecified atom stereocenters. The summed E-state index contributed by atoms with van der Waals surface area (Å²) in [6.45, 7) is 1.000. The summed E-state index contributed by atoms with van der Waals surface area (Å²) in [7, 11) is -3.49. The van der Waals surface area contributed by atoms with Crippen LogP contribution in [0.5, 0.6) is 0 Å². The van der Waals surface area contributed by atoms with Crippen molar-refractivity contribution in [3.8, 4) is 0 Å². The van der Waals surface area contributed by atoms with E-state index in [2.05, 4.69) is 4.52 Å². The molecular weight excluding hydrogens is 159 g/mol. The van der Waals surface area contributed by atoms with Gasteiger partial charge in [-0.15, -0.1) is 0 Å². The van der Waals surface area contributed by atoms with Crippen LogP contribution in [0.25, 0.3) is 0 Å². The Morgan fingerprint density at radius 3 is 2.40 bits per heavy atom. The average Bonchev–Trinajstić information content (AvgIpc) is 1.59. The zero-order valence-electron chi connectivity index (χ0n) is 5.57. The minimum absolute atomic E-state index is 0.148. The molecule has 0 fully saturated rings. The van der Waals surface area contributed by atoms with Crippen molar-refractivity contribution in [1.29, 1.82) is 0 Å². The topological polar surface area (TPSA) is 87.0 Å². The molecule has 0 rings (SSSR count). The third-order valence-electron chi connectivity index (χ3n) is 0.691. The second kappa shape index (κ2) is 3.83. The second-order valence-corrected chi connectivity index (χ2v) is 4.08. The predicted octanol–water partition coefficient (Wildman–Crippen LogP) is -0.413. The standard InChI is InChI=1S/C4H11O5P/c1-10(7,8)9-3-2-4(5)6/h7-8,10H,2-3H2,1H3,(H,5,6). The van der Waals surface area contributed by atoms with Crippen molar-refractivity contribution in [2.75, 3.05) is 13.3 Å². The van der Waals surface area contributed by atoms with Gasteiger partial charge in [0.2, 0.25) is 0 Å². The predicted molar refractivity (Wildman–Crippen MR) is 36.9 cm³/mol. The van der Waals surface area contributed by atoms with E-state index in [1.54, 1.807) is 0 Å². The van der Waals surface area contributed by atoms with Crippen LogP contribution in [-0.2, 0) is 9.32 Å². The maximum absolute atomic E-state index is 9.86. The fourth-order valence-corrected chi connectivity index (χ4v) is 0.820. The molecule has 62 valence electrons. The Bertz CT molecular complexity index is 117. The Labute approximate surface area is 58.8 Å². The van der Waals surface area contributed by atoms with Gasteiger partial charge in [0.25, 0.3) is 0 Å². The number of carbonyl (C=O) groups is 1. The third kappa shape index (κ3) is 7.78. The first-order chi connectivity index (χ1) is 4.42. The van der Waals surface area contributed by atoms with Crippen molar-refractivity contribution in [3.63, 3.8) is 0 Å². The van der Waals surface area contributed by atoms with Gasteiger partial charge < -0.3 is 0 Å². The molecule has 0 spiro atoms. The number of aliphatic carboxylic acids is 1. The van der Waals surface area contributed by atoms with Crippen molar-refractivity contribution in [3.05, 3.63) is 0 Å². The van der Waals surface area contributed by atoms with Gasteiger partial charge >= 0.3 is 57.8 Å². The normalized spacial score (nSPS) is 13.1. The fraction of sp³-hybridized carbons (Fsp3) is 0.750. The van der Waals surface area contributed by atoms with Crippen LogP contribution in [0.4, 0.5) is 0 Å². The Morgan fingerprint density at radius 1 is 1.60 bits per heavy atom. The molecule has 6 heteroatoms. The number of hydrogen-bond donors (Lipinski definition) is 3. The molecule has 0 radical (unpaired) electrons. The van der Waals surface area contributed by atoms with Gasteiger partial charge in [-0.1, -0.05) is 0 Å². The van der Waals surface area contributed by atoms with Crippen LogP contribution in [0.3, 0.4) is 0 Å². The monoisotopic (exact) mass is 170 g/mol. The molecule has 0 saturated carbocycles. The van der Waals surface area contributed by atoms with Crippen LogP contribution in [0.15, 0.2) is 0 Å². The molecule has 0 aromatic rings. The van der Waals surface area contributed by atoms with Crippen molar-refractivity contribution in [1.82, 2.24) is 0 Å². The van der Waals surface area contributed by atoms with Crippen molar-refractivity contribution < 1.29 is 24.2 Å². The van der Waals surface area contributed by atoms with Gasteiger partial charge in [0.15, 0.2) is 0 Å². The summed E-state index contributed by atoms with van der Waals surface area (Å²) >= 11 is 0. The summed E-state index contributed by atoms with van der Waals surface area (Å²) in [5, 5.41) is 8.08. The van der Waals surface area contributed by atoms with Gasteiger partial charge in [-0.05, 0) is 0 Å². The quantitative estimate of drug-likeness (QED) is 0.499. The zero-order valence-corrected chi connectivity index (χ0v) is 6.57. The molecule has 3 N–H and O–H groups in total. The van der Waals surface area contributed by atoms with Crippen LogP contribution >= 0.6 is 7.94 Å². The first-order valence-electron chi connectivity index (χ1n) is 2.72. The molecule has 0 aromatic heterocycles. The van der Waals surface area contributed by atoms with Crippen LogP contribution in [0.2, 0.25) is 0 Å². The van der Waals surface area contributed by atoms with E-state index in [0.29, 0.717) is 0 Å². The van der Waals surface area contributed by atoms with E-state index in [9.17, 15) is 4.79 Å². The van der Waals surface area contributed by atoms with Gasteiger partial charge in [0.05, 0.1) is 0 Å². The molecule has 0 aliphatic heterocycles. The van der Waals surface area contributed by atoms with Gasteiger partial charge in [-0.3, -0.25) is 0 Å². The van der Waals surface area contributed by atoms with Gasteiger partial charge in [-0.25, -0.2) is 0 Å². The Kier molecular flexibility index (Phi) is 3.75. The Morgan fingerprint density at radius 2 is 2.10 bits per heavy atom. The first-order valence-corrected chi connectivity index (χ1v) is 5.02.